The lowest BCUT2D eigenvalue weighted by molar-refractivity contribution is 0.0685. The van der Waals surface area contributed by atoms with Crippen molar-refractivity contribution >= 4 is 24.3 Å². The van der Waals surface area contributed by atoms with Crippen molar-refractivity contribution < 1.29 is 19.8 Å². The molecule has 0 saturated heterocycles. The molecule has 0 fully saturated rings. The molecule has 0 unspecified atom stereocenters. The normalized spacial score (nSPS) is 8.70. The van der Waals surface area contributed by atoms with Crippen LogP contribution in [-0.4, -0.2) is 32.1 Å². The van der Waals surface area contributed by atoms with E-state index in [-0.39, 0.29) is 29.2 Å². The first-order chi connectivity index (χ1) is 10.5. The molecule has 0 radical (unpaired) electrons. The summed E-state index contributed by atoms with van der Waals surface area (Å²) in [5.74, 6) is -2.01. The number of halogens is 1. The van der Waals surface area contributed by atoms with E-state index in [1.807, 2.05) is 0 Å². The second-order valence-electron chi connectivity index (χ2n) is 3.90. The molecule has 0 aliphatic rings. The van der Waals surface area contributed by atoms with Crippen molar-refractivity contribution in [1.29, 1.82) is 5.26 Å². The van der Waals surface area contributed by atoms with Crippen LogP contribution in [0, 0.1) is 11.3 Å². The van der Waals surface area contributed by atoms with Crippen LogP contribution in [0.2, 0.25) is 0 Å². The average Bonchev–Trinajstić information content (AvgIpc) is 2.55. The molecule has 0 aromatic carbocycles. The van der Waals surface area contributed by atoms with Crippen molar-refractivity contribution in [3.8, 4) is 6.07 Å². The number of carboxylic acids is 2. The number of nitrogens with two attached hydrogens (primary N) is 1. The van der Waals surface area contributed by atoms with Gasteiger partial charge in [-0.2, -0.15) is 5.26 Å². The van der Waals surface area contributed by atoms with Crippen molar-refractivity contribution in [2.24, 2.45) is 5.73 Å². The maximum Gasteiger partial charge on any atom is 0.337 e. The van der Waals surface area contributed by atoms with Crippen LogP contribution in [0.4, 0.5) is 0 Å². The Hall–Kier alpha value is -3.02. The minimum atomic E-state index is -1.04. The Morgan fingerprint density at radius 2 is 1.57 bits per heavy atom. The molecule has 0 aliphatic heterocycles. The number of nitriles is 1. The van der Waals surface area contributed by atoms with Crippen LogP contribution in [0.25, 0.3) is 0 Å². The maximum atomic E-state index is 10.3. The number of hydrogen-bond acceptors (Lipinski definition) is 6. The van der Waals surface area contributed by atoms with Gasteiger partial charge >= 0.3 is 11.9 Å². The maximum absolute atomic E-state index is 10.3. The molecule has 0 spiro atoms. The Bertz CT molecular complexity index is 696. The molecule has 0 amide bonds. The van der Waals surface area contributed by atoms with Crippen LogP contribution in [0.3, 0.4) is 0 Å². The Morgan fingerprint density at radius 1 is 1.04 bits per heavy atom. The minimum Gasteiger partial charge on any atom is -0.478 e. The van der Waals surface area contributed by atoms with Crippen LogP contribution >= 0.6 is 12.4 Å². The van der Waals surface area contributed by atoms with Crippen LogP contribution in [0.15, 0.2) is 36.7 Å². The number of hydrogen-bond donors (Lipinski definition) is 3. The molecule has 2 heterocycles. The van der Waals surface area contributed by atoms with E-state index in [0.717, 1.165) is 6.20 Å². The zero-order valence-electron chi connectivity index (χ0n) is 11.7. The number of carbonyl (C=O) groups is 2. The third-order valence-electron chi connectivity index (χ3n) is 2.41. The lowest BCUT2D eigenvalue weighted by Crippen LogP contribution is -2.02. The van der Waals surface area contributed by atoms with E-state index in [1.165, 1.54) is 24.4 Å². The highest BCUT2D eigenvalue weighted by Gasteiger charge is 2.01. The molecule has 0 aliphatic carbocycles. The number of rotatable bonds is 3. The van der Waals surface area contributed by atoms with E-state index < -0.39 is 11.9 Å². The number of carboxylic acid groups (broad SMARTS) is 2. The lowest BCUT2D eigenvalue weighted by atomic mass is 10.2. The van der Waals surface area contributed by atoms with E-state index in [4.69, 9.17) is 21.2 Å². The van der Waals surface area contributed by atoms with E-state index in [2.05, 4.69) is 9.97 Å². The van der Waals surface area contributed by atoms with Gasteiger partial charge in [-0.3, -0.25) is 4.98 Å². The third-order valence-corrected chi connectivity index (χ3v) is 2.41. The van der Waals surface area contributed by atoms with Gasteiger partial charge in [-0.25, -0.2) is 14.6 Å². The van der Waals surface area contributed by atoms with E-state index >= 15 is 0 Å². The van der Waals surface area contributed by atoms with E-state index in [9.17, 15) is 9.59 Å². The lowest BCUT2D eigenvalue weighted by Gasteiger charge is -1.95. The first-order valence-corrected chi connectivity index (χ1v) is 5.95. The molecule has 2 rings (SSSR count). The van der Waals surface area contributed by atoms with Crippen molar-refractivity contribution in [3.63, 3.8) is 0 Å². The van der Waals surface area contributed by atoms with E-state index in [0.29, 0.717) is 12.2 Å². The quantitative estimate of drug-likeness (QED) is 0.759. The van der Waals surface area contributed by atoms with Crippen molar-refractivity contribution in [2.75, 3.05) is 0 Å². The summed E-state index contributed by atoms with van der Waals surface area (Å²) in [5, 5.41) is 25.2. The molecule has 0 atom stereocenters. The number of aromatic carboxylic acids is 2. The predicted molar refractivity (Wildman–Crippen MR) is 82.2 cm³/mol. The highest BCUT2D eigenvalue weighted by molar-refractivity contribution is 5.87. The Kier molecular flexibility index (Phi) is 8.54. The summed E-state index contributed by atoms with van der Waals surface area (Å²) in [6, 6.07) is 7.58. The first kappa shape index (κ1) is 20.0. The number of aromatic nitrogens is 2. The molecule has 120 valence electrons. The molecular formula is C14H13ClN4O4. The summed E-state index contributed by atoms with van der Waals surface area (Å²) in [5.41, 5.74) is 6.44. The smallest absolute Gasteiger partial charge is 0.337 e. The Labute approximate surface area is 137 Å². The molecule has 9 heteroatoms. The SMILES string of the molecule is Cl.N#Cc1ccc(C(=O)O)cn1.NCc1ccc(C(=O)O)cn1. The first-order valence-electron chi connectivity index (χ1n) is 5.95. The average molecular weight is 337 g/mol. The predicted octanol–water partition coefficient (Wildman–Crippen LogP) is 1.31. The topological polar surface area (TPSA) is 150 Å². The highest BCUT2D eigenvalue weighted by Crippen LogP contribution is 1.99. The summed E-state index contributed by atoms with van der Waals surface area (Å²) in [7, 11) is 0. The van der Waals surface area contributed by atoms with Crippen LogP contribution in [0.1, 0.15) is 32.1 Å². The van der Waals surface area contributed by atoms with Gasteiger partial charge in [0.1, 0.15) is 11.8 Å². The van der Waals surface area contributed by atoms with Gasteiger partial charge in [0.25, 0.3) is 0 Å². The summed E-state index contributed by atoms with van der Waals surface area (Å²) < 4.78 is 0. The molecule has 4 N–H and O–H groups in total. The van der Waals surface area contributed by atoms with Crippen molar-refractivity contribution in [3.05, 3.63) is 59.2 Å². The number of nitrogens with zero attached hydrogens (tertiary/aromatic N) is 3. The van der Waals surface area contributed by atoms with Gasteiger partial charge in [0, 0.05) is 18.9 Å². The molecule has 23 heavy (non-hydrogen) atoms. The fourth-order valence-corrected chi connectivity index (χ4v) is 1.26. The second kappa shape index (κ2) is 9.83. The second-order valence-corrected chi connectivity index (χ2v) is 3.90. The fraction of sp³-hybridized carbons (Fsp3) is 0.0714. The van der Waals surface area contributed by atoms with Gasteiger partial charge in [-0.05, 0) is 24.3 Å². The molecule has 0 saturated carbocycles. The summed E-state index contributed by atoms with van der Waals surface area (Å²) in [4.78, 5) is 28.0. The fourth-order valence-electron chi connectivity index (χ4n) is 1.26. The zero-order valence-corrected chi connectivity index (χ0v) is 12.5. The van der Waals surface area contributed by atoms with Gasteiger partial charge in [-0.15, -0.1) is 12.4 Å². The third kappa shape index (κ3) is 6.52. The standard InChI is InChI=1S/C7H8N2O2.C7H4N2O2.ClH/c2*8-3-6-2-1-5(4-9-6)7(10)11;/h1-2,4H,3,8H2,(H,10,11);1-2,4H,(H,10,11);1H. The molecule has 0 bridgehead atoms. The zero-order chi connectivity index (χ0) is 16.5. The van der Waals surface area contributed by atoms with Crippen molar-refractivity contribution in [1.82, 2.24) is 9.97 Å². The Balaban J connectivity index is 0.000000403. The summed E-state index contributed by atoms with van der Waals surface area (Å²) >= 11 is 0. The Morgan fingerprint density at radius 3 is 1.87 bits per heavy atom. The minimum absolute atomic E-state index is 0. The summed E-state index contributed by atoms with van der Waals surface area (Å²) in [6.45, 7) is 0.333. The highest BCUT2D eigenvalue weighted by atomic mass is 35.5. The largest absolute Gasteiger partial charge is 0.478 e. The molecule has 2 aromatic heterocycles. The van der Waals surface area contributed by atoms with Gasteiger partial charge in [0.15, 0.2) is 0 Å². The van der Waals surface area contributed by atoms with E-state index in [1.54, 1.807) is 12.1 Å². The van der Waals surface area contributed by atoms with Crippen molar-refractivity contribution in [2.45, 2.75) is 6.54 Å². The molecule has 8 nitrogen and oxygen atoms in total. The summed E-state index contributed by atoms with van der Waals surface area (Å²) in [6.07, 6.45) is 2.45. The van der Waals surface area contributed by atoms with Crippen LogP contribution < -0.4 is 5.73 Å². The van der Waals surface area contributed by atoms with Gasteiger partial charge in [0.05, 0.1) is 16.8 Å². The number of pyridine rings is 2. The van der Waals surface area contributed by atoms with Crippen LogP contribution in [0.5, 0.6) is 0 Å². The monoisotopic (exact) mass is 336 g/mol. The van der Waals surface area contributed by atoms with Gasteiger partial charge in [0.2, 0.25) is 0 Å². The van der Waals surface area contributed by atoms with Gasteiger partial charge < -0.3 is 15.9 Å². The molecule has 2 aromatic rings. The molecular weight excluding hydrogens is 324 g/mol. The van der Waals surface area contributed by atoms with Gasteiger partial charge in [-0.1, -0.05) is 0 Å². The van der Waals surface area contributed by atoms with Crippen LogP contribution in [-0.2, 0) is 6.54 Å².